The minimum absolute atomic E-state index is 0.696. The highest BCUT2D eigenvalue weighted by Gasteiger charge is 2.02. The van der Waals surface area contributed by atoms with E-state index in [2.05, 4.69) is 18.7 Å². The lowest BCUT2D eigenvalue weighted by molar-refractivity contribution is 0.216. The second kappa shape index (κ2) is 7.12. The lowest BCUT2D eigenvalue weighted by Crippen LogP contribution is -2.29. The van der Waals surface area contributed by atoms with Crippen molar-refractivity contribution in [2.45, 2.75) is 20.3 Å². The van der Waals surface area contributed by atoms with Crippen LogP contribution in [0.3, 0.4) is 0 Å². The monoisotopic (exact) mass is 222 g/mol. The summed E-state index contributed by atoms with van der Waals surface area (Å²) in [4.78, 5) is 2.37. The van der Waals surface area contributed by atoms with Crippen molar-refractivity contribution in [3.63, 3.8) is 0 Å². The van der Waals surface area contributed by atoms with E-state index in [0.29, 0.717) is 12.3 Å². The second-order valence-corrected chi connectivity index (χ2v) is 3.82. The van der Waals surface area contributed by atoms with E-state index in [1.54, 1.807) is 0 Å². The number of para-hydroxylation sites is 2. The fourth-order valence-electron chi connectivity index (χ4n) is 1.64. The van der Waals surface area contributed by atoms with Crippen molar-refractivity contribution in [2.75, 3.05) is 32.0 Å². The molecule has 1 aromatic rings. The normalized spacial score (nSPS) is 10.7. The average molecular weight is 222 g/mol. The number of likely N-dealkylation sites (N-methyl/N-ethyl adjacent to an activating group) is 1. The first-order valence-electron chi connectivity index (χ1n) is 5.97. The van der Waals surface area contributed by atoms with Crippen LogP contribution in [0.1, 0.15) is 20.3 Å². The van der Waals surface area contributed by atoms with E-state index in [1.165, 1.54) is 6.42 Å². The number of rotatable bonds is 7. The van der Waals surface area contributed by atoms with Gasteiger partial charge in [0.05, 0.1) is 5.69 Å². The number of nitrogens with zero attached hydrogens (tertiary/aromatic N) is 1. The number of nitrogens with two attached hydrogens (primary N) is 1. The first-order chi connectivity index (χ1) is 7.77. The highest BCUT2D eigenvalue weighted by molar-refractivity contribution is 5.51. The van der Waals surface area contributed by atoms with Gasteiger partial charge < -0.3 is 15.4 Å². The third kappa shape index (κ3) is 4.11. The Balaban J connectivity index is 2.32. The summed E-state index contributed by atoms with van der Waals surface area (Å²) < 4.78 is 5.65. The molecule has 1 aromatic carbocycles. The number of benzene rings is 1. The Hall–Kier alpha value is -1.22. The molecule has 3 heteroatoms. The Kier molecular flexibility index (Phi) is 5.72. The van der Waals surface area contributed by atoms with Crippen LogP contribution in [0.15, 0.2) is 24.3 Å². The van der Waals surface area contributed by atoms with Crippen molar-refractivity contribution < 1.29 is 4.74 Å². The highest BCUT2D eigenvalue weighted by atomic mass is 16.5. The molecule has 0 bridgehead atoms. The minimum atomic E-state index is 0.696. The molecule has 0 fully saturated rings. The fourth-order valence-corrected chi connectivity index (χ4v) is 1.64. The Bertz CT molecular complexity index is 302. The summed E-state index contributed by atoms with van der Waals surface area (Å²) in [7, 11) is 0. The number of hydrogen-bond acceptors (Lipinski definition) is 3. The number of nitrogen functional groups attached to an aromatic ring is 1. The van der Waals surface area contributed by atoms with E-state index in [4.69, 9.17) is 10.5 Å². The maximum absolute atomic E-state index is 5.79. The topological polar surface area (TPSA) is 38.5 Å². The first kappa shape index (κ1) is 12.8. The molecule has 0 saturated heterocycles. The zero-order valence-electron chi connectivity index (χ0n) is 10.3. The highest BCUT2D eigenvalue weighted by Crippen LogP contribution is 2.19. The van der Waals surface area contributed by atoms with Crippen LogP contribution >= 0.6 is 0 Å². The molecule has 0 unspecified atom stereocenters. The van der Waals surface area contributed by atoms with Gasteiger partial charge in [0.2, 0.25) is 0 Å². The maximum Gasteiger partial charge on any atom is 0.142 e. The molecule has 90 valence electrons. The van der Waals surface area contributed by atoms with Crippen LogP contribution in [0.4, 0.5) is 5.69 Å². The van der Waals surface area contributed by atoms with Crippen LogP contribution in [-0.4, -0.2) is 31.1 Å². The molecule has 0 aliphatic heterocycles. The van der Waals surface area contributed by atoms with Crippen molar-refractivity contribution in [2.24, 2.45) is 0 Å². The smallest absolute Gasteiger partial charge is 0.142 e. The predicted octanol–water partition coefficient (Wildman–Crippen LogP) is 2.38. The second-order valence-electron chi connectivity index (χ2n) is 3.82. The zero-order chi connectivity index (χ0) is 11.8. The van der Waals surface area contributed by atoms with Gasteiger partial charge in [0.25, 0.3) is 0 Å². The van der Waals surface area contributed by atoms with Crippen LogP contribution in [0, 0.1) is 0 Å². The van der Waals surface area contributed by atoms with Gasteiger partial charge in [-0.25, -0.2) is 0 Å². The van der Waals surface area contributed by atoms with Crippen LogP contribution in [-0.2, 0) is 0 Å². The van der Waals surface area contributed by atoms with Crippen LogP contribution in [0.25, 0.3) is 0 Å². The molecule has 1 rings (SSSR count). The summed E-state index contributed by atoms with van der Waals surface area (Å²) in [6.07, 6.45) is 1.18. The van der Waals surface area contributed by atoms with Crippen LogP contribution in [0.2, 0.25) is 0 Å². The lowest BCUT2D eigenvalue weighted by Gasteiger charge is -2.19. The maximum atomic E-state index is 5.79. The molecule has 0 aliphatic rings. The molecule has 16 heavy (non-hydrogen) atoms. The quantitative estimate of drug-likeness (QED) is 0.720. The number of ether oxygens (including phenoxy) is 1. The van der Waals surface area contributed by atoms with Crippen molar-refractivity contribution in [3.05, 3.63) is 24.3 Å². The van der Waals surface area contributed by atoms with Gasteiger partial charge >= 0.3 is 0 Å². The van der Waals surface area contributed by atoms with Gasteiger partial charge in [-0.15, -0.1) is 0 Å². The van der Waals surface area contributed by atoms with Crippen molar-refractivity contribution in [1.82, 2.24) is 4.90 Å². The molecule has 0 heterocycles. The molecular formula is C13H22N2O. The Morgan fingerprint density at radius 2 is 1.94 bits per heavy atom. The molecule has 0 aliphatic carbocycles. The number of anilines is 1. The summed E-state index contributed by atoms with van der Waals surface area (Å²) >= 11 is 0. The molecule has 0 radical (unpaired) electrons. The van der Waals surface area contributed by atoms with Gasteiger partial charge in [-0.2, -0.15) is 0 Å². The molecule has 0 spiro atoms. The number of hydrogen-bond donors (Lipinski definition) is 1. The van der Waals surface area contributed by atoms with E-state index in [0.717, 1.165) is 25.4 Å². The van der Waals surface area contributed by atoms with Crippen LogP contribution < -0.4 is 10.5 Å². The van der Waals surface area contributed by atoms with Crippen molar-refractivity contribution >= 4 is 5.69 Å². The molecule has 0 saturated carbocycles. The SMILES string of the molecule is CCCN(CC)CCOc1ccccc1N. The summed E-state index contributed by atoms with van der Waals surface area (Å²) in [6.45, 7) is 8.22. The van der Waals surface area contributed by atoms with Crippen molar-refractivity contribution in [3.8, 4) is 5.75 Å². The van der Waals surface area contributed by atoms with E-state index >= 15 is 0 Å². The molecule has 0 aromatic heterocycles. The molecule has 0 atom stereocenters. The van der Waals surface area contributed by atoms with E-state index in [1.807, 2.05) is 24.3 Å². The van der Waals surface area contributed by atoms with Gasteiger partial charge in [0.15, 0.2) is 0 Å². The summed E-state index contributed by atoms with van der Waals surface area (Å²) in [5, 5.41) is 0. The van der Waals surface area contributed by atoms with E-state index in [-0.39, 0.29) is 0 Å². The third-order valence-electron chi connectivity index (χ3n) is 2.57. The first-order valence-corrected chi connectivity index (χ1v) is 5.97. The zero-order valence-corrected chi connectivity index (χ0v) is 10.3. The van der Waals surface area contributed by atoms with Gasteiger partial charge in [0.1, 0.15) is 12.4 Å². The minimum Gasteiger partial charge on any atom is -0.490 e. The van der Waals surface area contributed by atoms with Crippen molar-refractivity contribution in [1.29, 1.82) is 0 Å². The summed E-state index contributed by atoms with van der Waals surface area (Å²) in [6, 6.07) is 7.62. The van der Waals surface area contributed by atoms with Gasteiger partial charge in [0, 0.05) is 6.54 Å². The predicted molar refractivity (Wildman–Crippen MR) is 68.8 cm³/mol. The lowest BCUT2D eigenvalue weighted by atomic mass is 10.3. The van der Waals surface area contributed by atoms with Gasteiger partial charge in [-0.1, -0.05) is 26.0 Å². The largest absolute Gasteiger partial charge is 0.490 e. The van der Waals surface area contributed by atoms with Gasteiger partial charge in [-0.05, 0) is 31.6 Å². The van der Waals surface area contributed by atoms with Crippen LogP contribution in [0.5, 0.6) is 5.75 Å². The average Bonchev–Trinajstić information content (AvgIpc) is 2.30. The van der Waals surface area contributed by atoms with Gasteiger partial charge in [-0.3, -0.25) is 0 Å². The Morgan fingerprint density at radius 1 is 1.19 bits per heavy atom. The summed E-state index contributed by atoms with van der Waals surface area (Å²) in [5.41, 5.74) is 6.50. The Labute approximate surface area is 98.2 Å². The summed E-state index contributed by atoms with van der Waals surface area (Å²) in [5.74, 6) is 0.787. The fraction of sp³-hybridized carbons (Fsp3) is 0.538. The molecular weight excluding hydrogens is 200 g/mol. The van der Waals surface area contributed by atoms with E-state index < -0.39 is 0 Å². The molecule has 2 N–H and O–H groups in total. The molecule has 0 amide bonds. The Morgan fingerprint density at radius 3 is 2.56 bits per heavy atom. The van der Waals surface area contributed by atoms with E-state index in [9.17, 15) is 0 Å². The molecule has 3 nitrogen and oxygen atoms in total. The third-order valence-corrected chi connectivity index (χ3v) is 2.57. The standard InChI is InChI=1S/C13H22N2O/c1-3-9-15(4-2)10-11-16-13-8-6-5-7-12(13)14/h5-8H,3-4,9-11,14H2,1-2H3.